The van der Waals surface area contributed by atoms with E-state index >= 15 is 0 Å². The fourth-order valence-corrected chi connectivity index (χ4v) is 11.1. The van der Waals surface area contributed by atoms with Gasteiger partial charge in [-0.1, -0.05) is 150 Å². The van der Waals surface area contributed by atoms with Crippen molar-refractivity contribution in [2.75, 3.05) is 4.90 Å². The van der Waals surface area contributed by atoms with Gasteiger partial charge < -0.3 is 14.2 Å². The van der Waals surface area contributed by atoms with Crippen molar-refractivity contribution >= 4 is 67.7 Å². The minimum absolute atomic E-state index is 0.276. The molecule has 0 aliphatic carbocycles. The Kier molecular flexibility index (Phi) is 10.5. The van der Waals surface area contributed by atoms with Gasteiger partial charge in [0.1, 0.15) is 17.6 Å². The number of nitrogens with zero attached hydrogens (tertiary/aromatic N) is 6. The molecular formula is C66H47BN6O. The van der Waals surface area contributed by atoms with Crippen molar-refractivity contribution in [3.8, 4) is 68.8 Å². The first kappa shape index (κ1) is 45.5. The Morgan fingerprint density at radius 3 is 1.64 bits per heavy atom. The summed E-state index contributed by atoms with van der Waals surface area (Å²) in [5.41, 5.74) is 16.8. The van der Waals surface area contributed by atoms with Crippen molar-refractivity contribution in [2.24, 2.45) is 0 Å². The molecular weight excluding hydrogens is 904 g/mol. The molecule has 0 saturated heterocycles. The first-order valence-electron chi connectivity index (χ1n) is 24.8. The Bertz CT molecular complexity index is 4020. The highest BCUT2D eigenvalue weighted by molar-refractivity contribution is 6.99. The quantitative estimate of drug-likeness (QED) is 0.127. The zero-order valence-corrected chi connectivity index (χ0v) is 41.9. The second-order valence-corrected chi connectivity index (χ2v) is 21.4. The van der Waals surface area contributed by atoms with Gasteiger partial charge in [-0.05, 0) is 127 Å². The average molecular weight is 951 g/mol. The molecule has 2 aliphatic rings. The summed E-state index contributed by atoms with van der Waals surface area (Å²) in [7, 11) is 0. The lowest BCUT2D eigenvalue weighted by Gasteiger charge is -2.42. The van der Waals surface area contributed by atoms with E-state index in [0.717, 1.165) is 88.7 Å². The number of hydrogen-bond acceptors (Lipinski definition) is 5. The molecule has 0 radical (unpaired) electrons. The van der Waals surface area contributed by atoms with Gasteiger partial charge in [-0.15, -0.1) is 0 Å². The number of hydrogen-bond donors (Lipinski definition) is 0. The first-order valence-corrected chi connectivity index (χ1v) is 24.8. The van der Waals surface area contributed by atoms with Crippen molar-refractivity contribution in [1.82, 2.24) is 4.57 Å². The molecule has 8 heteroatoms. The Balaban J connectivity index is 1.28. The Morgan fingerprint density at radius 2 is 1.07 bits per heavy atom. The third-order valence-corrected chi connectivity index (χ3v) is 14.8. The van der Waals surface area contributed by atoms with Gasteiger partial charge in [0.2, 0.25) is 5.69 Å². The number of rotatable bonds is 5. The highest BCUT2D eigenvalue weighted by Gasteiger charge is 2.44. The van der Waals surface area contributed by atoms with Gasteiger partial charge >= 0.3 is 0 Å². The molecule has 9 aromatic carbocycles. The van der Waals surface area contributed by atoms with Crippen LogP contribution in [0, 0.1) is 40.6 Å². The van der Waals surface area contributed by atoms with E-state index in [4.69, 9.17) is 11.3 Å². The molecule has 0 spiro atoms. The number of benzene rings is 9. The second-order valence-electron chi connectivity index (χ2n) is 21.4. The minimum Gasteiger partial charge on any atom is -0.458 e. The zero-order valence-electron chi connectivity index (χ0n) is 41.9. The fourth-order valence-electron chi connectivity index (χ4n) is 11.1. The summed E-state index contributed by atoms with van der Waals surface area (Å²) in [5, 5.41) is 34.0. The molecule has 350 valence electrons. The number of anilines is 3. The molecule has 74 heavy (non-hydrogen) atoms. The largest absolute Gasteiger partial charge is 0.458 e. The molecule has 1 aromatic heterocycles. The van der Waals surface area contributed by atoms with Crippen LogP contribution in [0.5, 0.6) is 11.5 Å². The number of aromatic nitrogens is 1. The predicted molar refractivity (Wildman–Crippen MR) is 301 cm³/mol. The highest BCUT2D eigenvalue weighted by atomic mass is 16.5. The van der Waals surface area contributed by atoms with Gasteiger partial charge in [-0.2, -0.15) is 15.8 Å². The molecule has 12 rings (SSSR count). The SMILES string of the molecule is [C-]#[N+]c1cc(C(C)(C)C)cc2c3cc(C(C)(C)C)cc(C#N)c3n(-c3cc4c5c(c3)N(c3c(-c6ccccc6)cc(-c6ccccc6)cc3-c3ccccc3)c3ccc(C#N)cc3B5c3cc(C#N)ccc3O4)c12. The topological polar surface area (TPSA) is 93.1 Å². The molecule has 7 nitrogen and oxygen atoms in total. The summed E-state index contributed by atoms with van der Waals surface area (Å²) in [4.78, 5) is 6.60. The van der Waals surface area contributed by atoms with Gasteiger partial charge in [-0.25, -0.2) is 4.85 Å². The Hall–Kier alpha value is -9.60. The monoisotopic (exact) mass is 950 g/mol. The second kappa shape index (κ2) is 17.0. The van der Waals surface area contributed by atoms with Gasteiger partial charge in [0.25, 0.3) is 6.71 Å². The number of nitriles is 3. The molecule has 0 bridgehead atoms. The van der Waals surface area contributed by atoms with E-state index in [2.05, 4.69) is 183 Å². The van der Waals surface area contributed by atoms with Gasteiger partial charge in [0.05, 0.1) is 57.8 Å². The van der Waals surface area contributed by atoms with E-state index in [-0.39, 0.29) is 10.8 Å². The van der Waals surface area contributed by atoms with Crippen molar-refractivity contribution in [2.45, 2.75) is 52.4 Å². The van der Waals surface area contributed by atoms with Crippen molar-refractivity contribution in [3.63, 3.8) is 0 Å². The molecule has 0 atom stereocenters. The maximum atomic E-state index is 11.2. The van der Waals surface area contributed by atoms with Crippen LogP contribution >= 0.6 is 0 Å². The summed E-state index contributed by atoms with van der Waals surface area (Å²) in [6.07, 6.45) is 0. The van der Waals surface area contributed by atoms with E-state index < -0.39 is 6.71 Å². The van der Waals surface area contributed by atoms with Crippen LogP contribution in [-0.4, -0.2) is 11.3 Å². The summed E-state index contributed by atoms with van der Waals surface area (Å²) >= 11 is 0. The van der Waals surface area contributed by atoms with Gasteiger partial charge in [0, 0.05) is 34.0 Å². The van der Waals surface area contributed by atoms with Crippen LogP contribution in [0.15, 0.2) is 176 Å². The molecule has 10 aromatic rings. The lowest BCUT2D eigenvalue weighted by atomic mass is 9.34. The summed E-state index contributed by atoms with van der Waals surface area (Å²) < 4.78 is 9.26. The van der Waals surface area contributed by atoms with Gasteiger partial charge in [-0.3, -0.25) is 0 Å². The van der Waals surface area contributed by atoms with Crippen LogP contribution in [0.3, 0.4) is 0 Å². The van der Waals surface area contributed by atoms with E-state index in [1.54, 1.807) is 6.07 Å². The lowest BCUT2D eigenvalue weighted by molar-refractivity contribution is 0.487. The molecule has 0 unspecified atom stereocenters. The maximum Gasteiger partial charge on any atom is 0.256 e. The minimum atomic E-state index is -0.454. The summed E-state index contributed by atoms with van der Waals surface area (Å²) in [6.45, 7) is 21.3. The van der Waals surface area contributed by atoms with Crippen LogP contribution in [0.25, 0.3) is 65.7 Å². The van der Waals surface area contributed by atoms with E-state index in [1.165, 1.54) is 0 Å². The van der Waals surface area contributed by atoms with Crippen LogP contribution in [0.4, 0.5) is 22.7 Å². The standard InChI is InChI=1S/C66H47BN6O/c1-65(2,3)47-29-46(39-70)62-52(32-47)53-33-48(66(4,5)6)34-56(71-7)64(53)72(62)49-35-58-61-60(36-49)74-59-26-24-41(38-69)28-55(59)67(61)54-27-40(37-68)23-25-57(54)73(58)63-50(43-19-13-9-14-20-43)30-45(42-17-11-8-12-18-42)31-51(63)44-21-15-10-16-22-44/h8-36H,1-6H3. The maximum absolute atomic E-state index is 11.2. The van der Waals surface area contributed by atoms with E-state index in [0.29, 0.717) is 50.6 Å². The molecule has 0 N–H and O–H groups in total. The Labute approximate surface area is 431 Å². The summed E-state index contributed by atoms with van der Waals surface area (Å²) in [5.74, 6) is 1.18. The van der Waals surface area contributed by atoms with E-state index in [1.807, 2.05) is 60.7 Å². The van der Waals surface area contributed by atoms with Crippen LogP contribution in [-0.2, 0) is 10.8 Å². The third-order valence-electron chi connectivity index (χ3n) is 14.8. The highest BCUT2D eigenvalue weighted by Crippen LogP contribution is 2.52. The third kappa shape index (κ3) is 7.23. The number of ether oxygens (including phenoxy) is 1. The van der Waals surface area contributed by atoms with Crippen LogP contribution < -0.4 is 26.0 Å². The van der Waals surface area contributed by atoms with Crippen molar-refractivity contribution in [1.29, 1.82) is 15.8 Å². The number of fused-ring (bicyclic) bond motifs is 7. The molecule has 0 fully saturated rings. The molecule has 2 aliphatic heterocycles. The van der Waals surface area contributed by atoms with Crippen LogP contribution in [0.1, 0.15) is 69.4 Å². The smallest absolute Gasteiger partial charge is 0.256 e. The molecule has 0 amide bonds. The van der Waals surface area contributed by atoms with Gasteiger partial charge in [0.15, 0.2) is 0 Å². The summed E-state index contributed by atoms with van der Waals surface area (Å²) in [6, 6.07) is 67.4. The van der Waals surface area contributed by atoms with Crippen LogP contribution in [0.2, 0.25) is 0 Å². The fraction of sp³-hybridized carbons (Fsp3) is 0.121. The van der Waals surface area contributed by atoms with Crippen molar-refractivity contribution in [3.05, 3.63) is 215 Å². The zero-order chi connectivity index (χ0) is 51.2. The molecule has 3 heterocycles. The van der Waals surface area contributed by atoms with Crippen molar-refractivity contribution < 1.29 is 4.74 Å². The van der Waals surface area contributed by atoms with E-state index in [9.17, 15) is 15.8 Å². The lowest BCUT2D eigenvalue weighted by Crippen LogP contribution is -2.59. The normalized spacial score (nSPS) is 12.5. The Morgan fingerprint density at radius 1 is 0.514 bits per heavy atom. The first-order chi connectivity index (χ1) is 35.8. The average Bonchev–Trinajstić information content (AvgIpc) is 3.77. The predicted octanol–water partition coefficient (Wildman–Crippen LogP) is 15.0. The molecule has 0 saturated carbocycles.